The molecular weight excluding hydrogens is 544 g/mol. The highest BCUT2D eigenvalue weighted by atomic mass is 35.5. The monoisotopic (exact) mass is 561 g/mol. The van der Waals surface area contributed by atoms with E-state index < -0.39 is 23.4 Å². The maximum Gasteiger partial charge on any atom is 0.283 e. The third kappa shape index (κ3) is 5.84. The van der Waals surface area contributed by atoms with E-state index in [-0.39, 0.29) is 22.2 Å². The number of anilines is 3. The minimum Gasteiger partial charge on any atom is -0.350 e. The first-order valence-electron chi connectivity index (χ1n) is 11.5. The number of nitrogens with one attached hydrogen (secondary N) is 2. The lowest BCUT2D eigenvalue weighted by molar-refractivity contribution is -0.120. The molecule has 39 heavy (non-hydrogen) atoms. The summed E-state index contributed by atoms with van der Waals surface area (Å²) in [4.78, 5) is 40.9. The van der Waals surface area contributed by atoms with Crippen molar-refractivity contribution < 1.29 is 23.2 Å². The third-order valence-electron chi connectivity index (χ3n) is 5.68. The fraction of sp³-hybridized carbons (Fsp3) is 0. The van der Waals surface area contributed by atoms with Crippen LogP contribution in [0.1, 0.15) is 10.4 Å². The summed E-state index contributed by atoms with van der Waals surface area (Å²) >= 11 is 6.92. The summed E-state index contributed by atoms with van der Waals surface area (Å²) < 4.78 is 26.9. The number of carbonyl (C=O) groups is 3. The van der Waals surface area contributed by atoms with Crippen molar-refractivity contribution in [3.05, 3.63) is 130 Å². The molecule has 10 heteroatoms. The molecule has 1 aliphatic rings. The van der Waals surface area contributed by atoms with E-state index in [0.29, 0.717) is 26.9 Å². The molecule has 0 aliphatic carbocycles. The van der Waals surface area contributed by atoms with Gasteiger partial charge in [0.2, 0.25) is 0 Å². The molecule has 0 unspecified atom stereocenters. The van der Waals surface area contributed by atoms with Crippen LogP contribution in [0.15, 0.2) is 113 Å². The fourth-order valence-electron chi connectivity index (χ4n) is 3.75. The topological polar surface area (TPSA) is 78.5 Å². The van der Waals surface area contributed by atoms with Gasteiger partial charge in [-0.2, -0.15) is 0 Å². The number of amides is 3. The zero-order valence-corrected chi connectivity index (χ0v) is 21.5. The van der Waals surface area contributed by atoms with Crippen molar-refractivity contribution in [3.63, 3.8) is 0 Å². The molecule has 6 nitrogen and oxygen atoms in total. The summed E-state index contributed by atoms with van der Waals surface area (Å²) in [5.74, 6) is -2.50. The van der Waals surface area contributed by atoms with Crippen LogP contribution in [0.25, 0.3) is 0 Å². The summed E-state index contributed by atoms with van der Waals surface area (Å²) in [5.41, 5.74) is 1.59. The SMILES string of the molecule is O=C(Nc1ccc(SC2=C(Nc3ccc(F)cc3)C(=O)N(c3ccc(F)cc3)C2=O)cc1)c1ccc(Cl)cc1. The van der Waals surface area contributed by atoms with Gasteiger partial charge in [0.25, 0.3) is 17.7 Å². The second-order valence-corrected chi connectivity index (χ2v) is 9.87. The van der Waals surface area contributed by atoms with Gasteiger partial charge in [0, 0.05) is 26.9 Å². The lowest BCUT2D eigenvalue weighted by Gasteiger charge is -2.15. The highest BCUT2D eigenvalue weighted by molar-refractivity contribution is 8.04. The average Bonchev–Trinajstić information content (AvgIpc) is 3.15. The number of carbonyl (C=O) groups excluding carboxylic acids is 3. The number of hydrogen-bond donors (Lipinski definition) is 2. The summed E-state index contributed by atoms with van der Waals surface area (Å²) in [6.07, 6.45) is 0. The molecule has 1 aliphatic heterocycles. The molecule has 194 valence electrons. The van der Waals surface area contributed by atoms with E-state index in [1.165, 1.54) is 36.4 Å². The van der Waals surface area contributed by atoms with Gasteiger partial charge in [0.15, 0.2) is 0 Å². The van der Waals surface area contributed by atoms with Gasteiger partial charge in [0.1, 0.15) is 22.2 Å². The quantitative estimate of drug-likeness (QED) is 0.241. The molecule has 0 saturated carbocycles. The molecule has 3 amide bonds. The van der Waals surface area contributed by atoms with E-state index in [1.54, 1.807) is 48.5 Å². The van der Waals surface area contributed by atoms with Crippen molar-refractivity contribution in [2.24, 2.45) is 0 Å². The maximum absolute atomic E-state index is 13.5. The van der Waals surface area contributed by atoms with Crippen LogP contribution in [0.5, 0.6) is 0 Å². The molecule has 5 rings (SSSR count). The van der Waals surface area contributed by atoms with Crippen LogP contribution in [-0.2, 0) is 9.59 Å². The van der Waals surface area contributed by atoms with Crippen LogP contribution in [0.2, 0.25) is 5.02 Å². The van der Waals surface area contributed by atoms with Gasteiger partial charge in [-0.05, 0) is 97.1 Å². The number of halogens is 3. The van der Waals surface area contributed by atoms with Crippen molar-refractivity contribution in [3.8, 4) is 0 Å². The van der Waals surface area contributed by atoms with Crippen molar-refractivity contribution in [2.75, 3.05) is 15.5 Å². The molecule has 4 aromatic carbocycles. The van der Waals surface area contributed by atoms with Crippen molar-refractivity contribution in [2.45, 2.75) is 4.90 Å². The zero-order valence-electron chi connectivity index (χ0n) is 20.0. The Kier molecular flexibility index (Phi) is 7.44. The molecule has 2 N–H and O–H groups in total. The standard InChI is InChI=1S/C29H18ClF2N3O3S/c30-18-3-1-17(2-4-18)27(36)34-22-11-15-24(16-12-22)39-26-25(33-21-9-5-19(31)6-10-21)28(37)35(29(26)38)23-13-7-20(32)8-14-23/h1-16,33H,(H,34,36). The molecular formula is C29H18ClF2N3O3S. The Morgan fingerprint density at radius 3 is 1.90 bits per heavy atom. The van der Waals surface area contributed by atoms with Crippen LogP contribution >= 0.6 is 23.4 Å². The average molecular weight is 562 g/mol. The number of imide groups is 1. The second kappa shape index (κ2) is 11.1. The minimum absolute atomic E-state index is 0.000973. The normalized spacial score (nSPS) is 13.2. The predicted octanol–water partition coefficient (Wildman–Crippen LogP) is 6.86. The third-order valence-corrected chi connectivity index (χ3v) is 7.02. The first-order chi connectivity index (χ1) is 18.8. The Bertz CT molecular complexity index is 1590. The molecule has 0 bridgehead atoms. The van der Waals surface area contributed by atoms with E-state index in [1.807, 2.05) is 0 Å². The van der Waals surface area contributed by atoms with Crippen LogP contribution in [-0.4, -0.2) is 17.7 Å². The molecule has 0 fully saturated rings. The molecule has 0 spiro atoms. The van der Waals surface area contributed by atoms with Crippen LogP contribution in [0.4, 0.5) is 25.8 Å². The summed E-state index contributed by atoms with van der Waals surface area (Å²) in [6.45, 7) is 0. The lowest BCUT2D eigenvalue weighted by Crippen LogP contribution is -2.32. The number of nitrogens with zero attached hydrogens (tertiary/aromatic N) is 1. The van der Waals surface area contributed by atoms with Crippen LogP contribution in [0, 0.1) is 11.6 Å². The Morgan fingerprint density at radius 2 is 1.28 bits per heavy atom. The molecule has 0 radical (unpaired) electrons. The molecule has 0 atom stereocenters. The van der Waals surface area contributed by atoms with Crippen LogP contribution < -0.4 is 15.5 Å². The van der Waals surface area contributed by atoms with Gasteiger partial charge in [-0.1, -0.05) is 23.4 Å². The highest BCUT2D eigenvalue weighted by Crippen LogP contribution is 2.38. The van der Waals surface area contributed by atoms with Gasteiger partial charge >= 0.3 is 0 Å². The van der Waals surface area contributed by atoms with E-state index in [0.717, 1.165) is 28.8 Å². The van der Waals surface area contributed by atoms with Crippen LogP contribution in [0.3, 0.4) is 0 Å². The summed E-state index contributed by atoms with van der Waals surface area (Å²) in [5, 5.41) is 6.24. The van der Waals surface area contributed by atoms with E-state index in [2.05, 4.69) is 10.6 Å². The van der Waals surface area contributed by atoms with E-state index in [9.17, 15) is 23.2 Å². The Balaban J connectivity index is 1.40. The predicted molar refractivity (Wildman–Crippen MR) is 148 cm³/mol. The zero-order chi connectivity index (χ0) is 27.5. The largest absolute Gasteiger partial charge is 0.350 e. The Labute approximate surface area is 231 Å². The number of hydrogen-bond acceptors (Lipinski definition) is 5. The number of thioether (sulfide) groups is 1. The van der Waals surface area contributed by atoms with Gasteiger partial charge in [-0.25, -0.2) is 13.7 Å². The molecule has 1 heterocycles. The Morgan fingerprint density at radius 1 is 0.718 bits per heavy atom. The molecule has 4 aromatic rings. The summed E-state index contributed by atoms with van der Waals surface area (Å²) in [7, 11) is 0. The first-order valence-corrected chi connectivity index (χ1v) is 12.7. The second-order valence-electron chi connectivity index (χ2n) is 8.35. The Hall–Kier alpha value is -4.47. The van der Waals surface area contributed by atoms with Crippen molar-refractivity contribution in [1.29, 1.82) is 0 Å². The van der Waals surface area contributed by atoms with Crippen molar-refractivity contribution >= 4 is 58.1 Å². The molecule has 0 saturated heterocycles. The van der Waals surface area contributed by atoms with E-state index in [4.69, 9.17) is 11.6 Å². The highest BCUT2D eigenvalue weighted by Gasteiger charge is 2.40. The lowest BCUT2D eigenvalue weighted by atomic mass is 10.2. The minimum atomic E-state index is -0.634. The summed E-state index contributed by atoms with van der Waals surface area (Å²) in [6, 6.07) is 23.5. The number of rotatable bonds is 7. The van der Waals surface area contributed by atoms with Gasteiger partial charge in [-0.15, -0.1) is 0 Å². The van der Waals surface area contributed by atoms with Gasteiger partial charge in [0.05, 0.1) is 5.69 Å². The fourth-order valence-corrected chi connectivity index (χ4v) is 4.80. The first kappa shape index (κ1) is 26.1. The van der Waals surface area contributed by atoms with Gasteiger partial charge < -0.3 is 10.6 Å². The smallest absolute Gasteiger partial charge is 0.283 e. The van der Waals surface area contributed by atoms with Gasteiger partial charge in [-0.3, -0.25) is 14.4 Å². The number of benzene rings is 4. The molecule has 0 aromatic heterocycles. The van der Waals surface area contributed by atoms with E-state index >= 15 is 0 Å². The maximum atomic E-state index is 13.5. The van der Waals surface area contributed by atoms with Crippen molar-refractivity contribution in [1.82, 2.24) is 0 Å².